The van der Waals surface area contributed by atoms with Crippen LogP contribution in [0.5, 0.6) is 0 Å². The average molecular weight is 219 g/mol. The fourth-order valence-corrected chi connectivity index (χ4v) is 1.51. The second-order valence-electron chi connectivity index (χ2n) is 3.73. The summed E-state index contributed by atoms with van der Waals surface area (Å²) in [6.07, 6.45) is 0. The molecule has 2 N–H and O–H groups in total. The smallest absolute Gasteiger partial charge is 0.123 e. The van der Waals surface area contributed by atoms with E-state index in [0.717, 1.165) is 17.0 Å². The molecule has 0 spiro atoms. The zero-order chi connectivity index (χ0) is 11.5. The van der Waals surface area contributed by atoms with Crippen LogP contribution in [0.2, 0.25) is 0 Å². The number of benzene rings is 1. The molecule has 0 amide bonds. The van der Waals surface area contributed by atoms with Gasteiger partial charge >= 0.3 is 0 Å². The number of nitrogens with one attached hydrogen (secondary N) is 2. The standard InChI is InChI=1S/C12H14FN3/c1-8(14-2)11-7-12(16-15-11)9-4-3-5-10(13)6-9/h3-8,14H,1-2H3,(H,15,16). The molecule has 1 aromatic carbocycles. The van der Waals surface area contributed by atoms with Gasteiger partial charge in [0.1, 0.15) is 5.82 Å². The van der Waals surface area contributed by atoms with Crippen LogP contribution in [0.1, 0.15) is 18.7 Å². The Balaban J connectivity index is 2.31. The first kappa shape index (κ1) is 10.8. The number of hydrogen-bond donors (Lipinski definition) is 2. The molecule has 0 bridgehead atoms. The van der Waals surface area contributed by atoms with Crippen molar-refractivity contribution >= 4 is 0 Å². The highest BCUT2D eigenvalue weighted by Gasteiger charge is 2.08. The molecule has 1 unspecified atom stereocenters. The lowest BCUT2D eigenvalue weighted by atomic mass is 10.1. The van der Waals surface area contributed by atoms with Crippen LogP contribution in [0, 0.1) is 5.82 Å². The lowest BCUT2D eigenvalue weighted by molar-refractivity contribution is 0.628. The SMILES string of the molecule is CNC(C)c1cc(-c2cccc(F)c2)n[nH]1. The number of rotatable bonds is 3. The highest BCUT2D eigenvalue weighted by molar-refractivity contribution is 5.59. The van der Waals surface area contributed by atoms with Gasteiger partial charge in [0.2, 0.25) is 0 Å². The van der Waals surface area contributed by atoms with E-state index in [1.54, 1.807) is 6.07 Å². The maximum Gasteiger partial charge on any atom is 0.123 e. The summed E-state index contributed by atoms with van der Waals surface area (Å²) in [5, 5.41) is 10.2. The summed E-state index contributed by atoms with van der Waals surface area (Å²) in [4.78, 5) is 0. The number of halogens is 1. The number of hydrogen-bond acceptors (Lipinski definition) is 2. The molecule has 0 radical (unpaired) electrons. The summed E-state index contributed by atoms with van der Waals surface area (Å²) in [6.45, 7) is 2.03. The number of nitrogens with zero attached hydrogens (tertiary/aromatic N) is 1. The van der Waals surface area contributed by atoms with Gasteiger partial charge in [0, 0.05) is 11.6 Å². The Morgan fingerprint density at radius 1 is 1.38 bits per heavy atom. The number of H-pyrrole nitrogens is 1. The van der Waals surface area contributed by atoms with Gasteiger partial charge in [-0.05, 0) is 32.2 Å². The fourth-order valence-electron chi connectivity index (χ4n) is 1.51. The van der Waals surface area contributed by atoms with Gasteiger partial charge < -0.3 is 5.32 Å². The summed E-state index contributed by atoms with van der Waals surface area (Å²) in [5.74, 6) is -0.247. The molecule has 0 fully saturated rings. The topological polar surface area (TPSA) is 40.7 Å². The summed E-state index contributed by atoms with van der Waals surface area (Å²) in [5.41, 5.74) is 2.53. The van der Waals surface area contributed by atoms with Gasteiger partial charge in [-0.15, -0.1) is 0 Å². The molecule has 0 aliphatic heterocycles. The van der Waals surface area contributed by atoms with Crippen LogP contribution in [-0.4, -0.2) is 17.2 Å². The first-order valence-electron chi connectivity index (χ1n) is 5.19. The summed E-state index contributed by atoms with van der Waals surface area (Å²) in [7, 11) is 1.88. The Morgan fingerprint density at radius 3 is 2.88 bits per heavy atom. The Labute approximate surface area is 93.7 Å². The third-order valence-electron chi connectivity index (χ3n) is 2.62. The van der Waals surface area contributed by atoms with Crippen LogP contribution in [0.3, 0.4) is 0 Å². The van der Waals surface area contributed by atoms with E-state index in [0.29, 0.717) is 0 Å². The lowest BCUT2D eigenvalue weighted by Gasteiger charge is -2.05. The Hall–Kier alpha value is -1.68. The predicted octanol–water partition coefficient (Wildman–Crippen LogP) is 2.50. The molecule has 0 saturated heterocycles. The molecule has 1 aromatic heterocycles. The molecule has 2 aromatic rings. The minimum atomic E-state index is -0.247. The van der Waals surface area contributed by atoms with E-state index in [1.165, 1.54) is 12.1 Å². The Morgan fingerprint density at radius 2 is 2.19 bits per heavy atom. The second-order valence-corrected chi connectivity index (χ2v) is 3.73. The third-order valence-corrected chi connectivity index (χ3v) is 2.62. The molecule has 16 heavy (non-hydrogen) atoms. The normalized spacial score (nSPS) is 12.7. The summed E-state index contributed by atoms with van der Waals surface area (Å²) < 4.78 is 13.0. The van der Waals surface area contributed by atoms with Crippen molar-refractivity contribution in [2.75, 3.05) is 7.05 Å². The van der Waals surface area contributed by atoms with E-state index >= 15 is 0 Å². The van der Waals surface area contributed by atoms with Crippen LogP contribution in [-0.2, 0) is 0 Å². The minimum Gasteiger partial charge on any atom is -0.312 e. The molecule has 84 valence electrons. The number of aromatic amines is 1. The lowest BCUT2D eigenvalue weighted by Crippen LogP contribution is -2.12. The van der Waals surface area contributed by atoms with Crippen molar-refractivity contribution in [1.82, 2.24) is 15.5 Å². The van der Waals surface area contributed by atoms with Gasteiger partial charge in [-0.3, -0.25) is 5.10 Å². The van der Waals surface area contributed by atoms with Gasteiger partial charge in [0.05, 0.1) is 11.4 Å². The number of aromatic nitrogens is 2. The molecule has 2 rings (SSSR count). The van der Waals surface area contributed by atoms with Crippen molar-refractivity contribution in [3.63, 3.8) is 0 Å². The molecule has 0 saturated carbocycles. The van der Waals surface area contributed by atoms with Gasteiger partial charge in [-0.1, -0.05) is 12.1 Å². The summed E-state index contributed by atoms with van der Waals surface area (Å²) in [6, 6.07) is 8.55. The molecule has 4 heteroatoms. The van der Waals surface area contributed by atoms with E-state index in [2.05, 4.69) is 15.5 Å². The molecule has 0 aliphatic carbocycles. The van der Waals surface area contributed by atoms with Crippen molar-refractivity contribution in [3.05, 3.63) is 41.8 Å². The van der Waals surface area contributed by atoms with E-state index in [4.69, 9.17) is 0 Å². The highest BCUT2D eigenvalue weighted by atomic mass is 19.1. The van der Waals surface area contributed by atoms with Crippen molar-refractivity contribution in [3.8, 4) is 11.3 Å². The van der Waals surface area contributed by atoms with Crippen molar-refractivity contribution in [1.29, 1.82) is 0 Å². The van der Waals surface area contributed by atoms with Crippen molar-refractivity contribution in [2.45, 2.75) is 13.0 Å². The van der Waals surface area contributed by atoms with Crippen molar-refractivity contribution in [2.24, 2.45) is 0 Å². The quantitative estimate of drug-likeness (QED) is 0.832. The van der Waals surface area contributed by atoms with Crippen molar-refractivity contribution < 1.29 is 4.39 Å². The maximum absolute atomic E-state index is 13.0. The Kier molecular flexibility index (Phi) is 3.01. The Bertz CT molecular complexity index is 479. The monoisotopic (exact) mass is 219 g/mol. The first-order chi connectivity index (χ1) is 7.70. The zero-order valence-electron chi connectivity index (χ0n) is 9.29. The molecular weight excluding hydrogens is 205 g/mol. The van der Waals surface area contributed by atoms with Crippen LogP contribution >= 0.6 is 0 Å². The molecule has 1 atom stereocenters. The van der Waals surface area contributed by atoms with E-state index in [-0.39, 0.29) is 11.9 Å². The van der Waals surface area contributed by atoms with Crippen LogP contribution < -0.4 is 5.32 Å². The van der Waals surface area contributed by atoms with Crippen LogP contribution in [0.4, 0.5) is 4.39 Å². The average Bonchev–Trinajstić information content (AvgIpc) is 2.77. The molecule has 0 aliphatic rings. The van der Waals surface area contributed by atoms with Gasteiger partial charge in [0.15, 0.2) is 0 Å². The molecule has 1 heterocycles. The minimum absolute atomic E-state index is 0.204. The van der Waals surface area contributed by atoms with Crippen LogP contribution in [0.25, 0.3) is 11.3 Å². The first-order valence-corrected chi connectivity index (χ1v) is 5.19. The predicted molar refractivity (Wildman–Crippen MR) is 61.5 cm³/mol. The van der Waals surface area contributed by atoms with Crippen LogP contribution in [0.15, 0.2) is 30.3 Å². The summed E-state index contributed by atoms with van der Waals surface area (Å²) >= 11 is 0. The molecule has 3 nitrogen and oxygen atoms in total. The third kappa shape index (κ3) is 2.12. The maximum atomic E-state index is 13.0. The van der Waals surface area contributed by atoms with E-state index in [1.807, 2.05) is 26.1 Å². The zero-order valence-corrected chi connectivity index (χ0v) is 9.29. The van der Waals surface area contributed by atoms with Gasteiger partial charge in [0.25, 0.3) is 0 Å². The fraction of sp³-hybridized carbons (Fsp3) is 0.250. The highest BCUT2D eigenvalue weighted by Crippen LogP contribution is 2.20. The van der Waals surface area contributed by atoms with E-state index in [9.17, 15) is 4.39 Å². The molecular formula is C12H14FN3. The van der Waals surface area contributed by atoms with Gasteiger partial charge in [-0.25, -0.2) is 4.39 Å². The largest absolute Gasteiger partial charge is 0.312 e. The van der Waals surface area contributed by atoms with E-state index < -0.39 is 0 Å². The van der Waals surface area contributed by atoms with Gasteiger partial charge in [-0.2, -0.15) is 5.10 Å². The second kappa shape index (κ2) is 4.45.